The Morgan fingerprint density at radius 3 is 2.83 bits per heavy atom. The summed E-state index contributed by atoms with van der Waals surface area (Å²) >= 11 is 0. The van der Waals surface area contributed by atoms with Gasteiger partial charge in [0, 0.05) is 6.20 Å². The number of pyridine rings is 1. The summed E-state index contributed by atoms with van der Waals surface area (Å²) in [6.07, 6.45) is 4.14. The highest BCUT2D eigenvalue weighted by molar-refractivity contribution is 6.03. The number of amides is 1. The highest BCUT2D eigenvalue weighted by atomic mass is 16.4. The molecule has 0 aliphatic heterocycles. The number of aliphatic carboxylic acids is 1. The molecule has 18 heavy (non-hydrogen) atoms. The van der Waals surface area contributed by atoms with Gasteiger partial charge in [-0.2, -0.15) is 5.10 Å². The third kappa shape index (κ3) is 1.54. The Morgan fingerprint density at radius 1 is 1.39 bits per heavy atom. The van der Waals surface area contributed by atoms with Crippen molar-refractivity contribution in [2.75, 3.05) is 0 Å². The van der Waals surface area contributed by atoms with Gasteiger partial charge in [0.15, 0.2) is 0 Å². The molecule has 2 heterocycles. The summed E-state index contributed by atoms with van der Waals surface area (Å²) in [6.45, 7) is 0. The van der Waals surface area contributed by atoms with Crippen LogP contribution in [0.15, 0.2) is 30.6 Å². The summed E-state index contributed by atoms with van der Waals surface area (Å²) in [5.41, 5.74) is -0.0144. The van der Waals surface area contributed by atoms with Crippen LogP contribution in [0.4, 0.5) is 0 Å². The maximum absolute atomic E-state index is 12.1. The second-order valence-corrected chi connectivity index (χ2v) is 4.43. The first-order valence-electron chi connectivity index (χ1n) is 5.61. The molecule has 0 atom stereocenters. The molecular weight excluding hydrogens is 234 g/mol. The van der Waals surface area contributed by atoms with Crippen molar-refractivity contribution in [1.82, 2.24) is 14.9 Å². The molecule has 2 N–H and O–H groups in total. The smallest absolute Gasteiger partial charge is 0.329 e. The molecule has 1 amide bonds. The van der Waals surface area contributed by atoms with Crippen molar-refractivity contribution in [3.8, 4) is 0 Å². The van der Waals surface area contributed by atoms with E-state index < -0.39 is 17.4 Å². The Kier molecular flexibility index (Phi) is 2.13. The molecule has 6 heteroatoms. The number of carbonyl (C=O) groups excluding carboxylic acids is 1. The Morgan fingerprint density at radius 2 is 2.17 bits per heavy atom. The average molecular weight is 245 g/mol. The molecule has 2 aromatic heterocycles. The van der Waals surface area contributed by atoms with Crippen molar-refractivity contribution >= 4 is 17.4 Å². The van der Waals surface area contributed by atoms with Crippen LogP contribution >= 0.6 is 0 Å². The van der Waals surface area contributed by atoms with Gasteiger partial charge >= 0.3 is 5.97 Å². The standard InChI is InChI=1S/C12H11N3O3/c16-10(14-12(4-5-12)11(17)18)8-7-13-15-6-2-1-3-9(8)15/h1-3,6-7H,4-5H2,(H,14,16)(H,17,18). The van der Waals surface area contributed by atoms with Crippen LogP contribution in [0, 0.1) is 0 Å². The van der Waals surface area contributed by atoms with Gasteiger partial charge in [0.2, 0.25) is 0 Å². The zero-order chi connectivity index (χ0) is 12.8. The van der Waals surface area contributed by atoms with Gasteiger partial charge in [0.25, 0.3) is 5.91 Å². The predicted molar refractivity (Wildman–Crippen MR) is 62.3 cm³/mol. The minimum atomic E-state index is -1.07. The molecular formula is C12H11N3O3. The van der Waals surface area contributed by atoms with Crippen molar-refractivity contribution < 1.29 is 14.7 Å². The summed E-state index contributed by atoms with van der Waals surface area (Å²) in [5, 5.41) is 15.6. The van der Waals surface area contributed by atoms with Gasteiger partial charge in [-0.15, -0.1) is 0 Å². The molecule has 1 aliphatic carbocycles. The first kappa shape index (κ1) is 10.8. The van der Waals surface area contributed by atoms with Crippen molar-refractivity contribution in [2.45, 2.75) is 18.4 Å². The van der Waals surface area contributed by atoms with Crippen LogP contribution in [0.1, 0.15) is 23.2 Å². The Labute approximate surface area is 102 Å². The van der Waals surface area contributed by atoms with E-state index in [1.807, 2.05) is 0 Å². The zero-order valence-electron chi connectivity index (χ0n) is 9.46. The van der Waals surface area contributed by atoms with E-state index in [4.69, 9.17) is 5.11 Å². The number of rotatable bonds is 3. The van der Waals surface area contributed by atoms with Crippen LogP contribution in [-0.2, 0) is 4.79 Å². The van der Waals surface area contributed by atoms with E-state index in [0.717, 1.165) is 0 Å². The monoisotopic (exact) mass is 245 g/mol. The normalized spacial score (nSPS) is 16.4. The lowest BCUT2D eigenvalue weighted by Crippen LogP contribution is -2.43. The first-order chi connectivity index (χ1) is 8.62. The molecule has 0 aromatic carbocycles. The number of carboxylic acid groups (broad SMARTS) is 1. The predicted octanol–water partition coefficient (Wildman–Crippen LogP) is 0.681. The number of nitrogens with zero attached hydrogens (tertiary/aromatic N) is 2. The summed E-state index contributed by atoms with van der Waals surface area (Å²) < 4.78 is 1.58. The molecule has 0 saturated heterocycles. The summed E-state index contributed by atoms with van der Waals surface area (Å²) in [7, 11) is 0. The van der Waals surface area contributed by atoms with E-state index in [1.165, 1.54) is 6.20 Å². The number of aromatic nitrogens is 2. The van der Waals surface area contributed by atoms with E-state index in [-0.39, 0.29) is 0 Å². The van der Waals surface area contributed by atoms with Gasteiger partial charge in [0.05, 0.1) is 17.3 Å². The fourth-order valence-corrected chi connectivity index (χ4v) is 1.91. The van der Waals surface area contributed by atoms with E-state index in [9.17, 15) is 9.59 Å². The van der Waals surface area contributed by atoms with E-state index in [0.29, 0.717) is 23.9 Å². The molecule has 3 rings (SSSR count). The van der Waals surface area contributed by atoms with Gasteiger partial charge in [0.1, 0.15) is 5.54 Å². The van der Waals surface area contributed by atoms with Crippen LogP contribution in [0.5, 0.6) is 0 Å². The lowest BCUT2D eigenvalue weighted by atomic mass is 10.2. The number of carboxylic acids is 1. The van der Waals surface area contributed by atoms with Crippen molar-refractivity contribution in [1.29, 1.82) is 0 Å². The van der Waals surface area contributed by atoms with E-state index in [2.05, 4.69) is 10.4 Å². The average Bonchev–Trinajstić information content (AvgIpc) is 3.01. The maximum atomic E-state index is 12.1. The van der Waals surface area contributed by atoms with Crippen molar-refractivity contribution in [2.24, 2.45) is 0 Å². The minimum absolute atomic E-state index is 0.392. The minimum Gasteiger partial charge on any atom is -0.480 e. The summed E-state index contributed by atoms with van der Waals surface area (Å²) in [6, 6.07) is 5.38. The maximum Gasteiger partial charge on any atom is 0.329 e. The third-order valence-corrected chi connectivity index (χ3v) is 3.18. The fourth-order valence-electron chi connectivity index (χ4n) is 1.91. The molecule has 0 spiro atoms. The third-order valence-electron chi connectivity index (χ3n) is 3.18. The van der Waals surface area contributed by atoms with Crippen LogP contribution in [0.2, 0.25) is 0 Å². The summed E-state index contributed by atoms with van der Waals surface area (Å²) in [5.74, 6) is -1.37. The first-order valence-corrected chi connectivity index (χ1v) is 5.61. The van der Waals surface area contributed by atoms with Gasteiger partial charge in [-0.1, -0.05) is 6.07 Å². The second kappa shape index (κ2) is 3.56. The van der Waals surface area contributed by atoms with E-state index >= 15 is 0 Å². The molecule has 1 fully saturated rings. The van der Waals surface area contributed by atoms with Gasteiger partial charge in [-0.25, -0.2) is 9.31 Å². The highest BCUT2D eigenvalue weighted by Crippen LogP contribution is 2.35. The second-order valence-electron chi connectivity index (χ2n) is 4.43. The molecule has 92 valence electrons. The topological polar surface area (TPSA) is 83.7 Å². The van der Waals surface area contributed by atoms with Crippen LogP contribution < -0.4 is 5.32 Å². The molecule has 2 aromatic rings. The number of carbonyl (C=O) groups is 2. The quantitative estimate of drug-likeness (QED) is 0.833. The largest absolute Gasteiger partial charge is 0.480 e. The molecule has 0 radical (unpaired) electrons. The number of fused-ring (bicyclic) bond motifs is 1. The lowest BCUT2D eigenvalue weighted by molar-refractivity contribution is -0.140. The molecule has 0 bridgehead atoms. The number of hydrogen-bond donors (Lipinski definition) is 2. The Bertz CT molecular complexity index is 643. The van der Waals surface area contributed by atoms with Gasteiger partial charge in [-0.3, -0.25) is 4.79 Å². The zero-order valence-corrected chi connectivity index (χ0v) is 9.46. The van der Waals surface area contributed by atoms with Crippen LogP contribution in [0.3, 0.4) is 0 Å². The number of nitrogens with one attached hydrogen (secondary N) is 1. The molecule has 0 unspecified atom stereocenters. The highest BCUT2D eigenvalue weighted by Gasteiger charge is 2.51. The SMILES string of the molecule is O=C(NC1(C(=O)O)CC1)c1cnn2ccccc12. The Balaban J connectivity index is 1.91. The summed E-state index contributed by atoms with van der Waals surface area (Å²) in [4.78, 5) is 23.1. The number of hydrogen-bond acceptors (Lipinski definition) is 3. The van der Waals surface area contributed by atoms with Crippen molar-refractivity contribution in [3.05, 3.63) is 36.2 Å². The van der Waals surface area contributed by atoms with Crippen molar-refractivity contribution in [3.63, 3.8) is 0 Å². The molecule has 1 aliphatic rings. The Hall–Kier alpha value is -2.37. The van der Waals surface area contributed by atoms with Gasteiger partial charge in [-0.05, 0) is 25.0 Å². The fraction of sp³-hybridized carbons (Fsp3) is 0.250. The van der Waals surface area contributed by atoms with Crippen LogP contribution in [0.25, 0.3) is 5.52 Å². The van der Waals surface area contributed by atoms with E-state index in [1.54, 1.807) is 28.9 Å². The van der Waals surface area contributed by atoms with Crippen LogP contribution in [-0.4, -0.2) is 32.1 Å². The van der Waals surface area contributed by atoms with Gasteiger partial charge < -0.3 is 10.4 Å². The molecule has 1 saturated carbocycles. The molecule has 6 nitrogen and oxygen atoms in total. The lowest BCUT2D eigenvalue weighted by Gasteiger charge is -2.11.